The van der Waals surface area contributed by atoms with Crippen LogP contribution in [0.5, 0.6) is 11.5 Å². The molecule has 1 saturated heterocycles. The van der Waals surface area contributed by atoms with E-state index < -0.39 is 0 Å². The number of nitrogens with one attached hydrogen (secondary N) is 3. The van der Waals surface area contributed by atoms with Crippen LogP contribution in [0.4, 0.5) is 5.69 Å². The van der Waals surface area contributed by atoms with Crippen LogP contribution in [0.1, 0.15) is 16.8 Å². The van der Waals surface area contributed by atoms with Crippen molar-refractivity contribution >= 4 is 41.7 Å². The molecule has 3 N–H and O–H groups in total. The molecule has 4 rings (SSSR count). The molecule has 29 heavy (non-hydrogen) atoms. The fraction of sp³-hybridized carbons (Fsp3) is 0.300. The average Bonchev–Trinajstić information content (AvgIpc) is 3.38. The smallest absolute Gasteiger partial charge is 0.252 e. The maximum absolute atomic E-state index is 12.6. The molecular formula is C20H22ClN3O4S. The highest BCUT2D eigenvalue weighted by molar-refractivity contribution is 8.00. The normalized spacial score (nSPS) is 16.8. The SMILES string of the molecule is Cl.O=C(CSc1ccccc1C(=O)NC1CCNC1)Nc1ccc2c(c1)OCO2. The summed E-state index contributed by atoms with van der Waals surface area (Å²) in [5, 5.41) is 9.12. The molecule has 0 aliphatic carbocycles. The summed E-state index contributed by atoms with van der Waals surface area (Å²) < 4.78 is 10.6. The van der Waals surface area contributed by atoms with Gasteiger partial charge < -0.3 is 25.4 Å². The summed E-state index contributed by atoms with van der Waals surface area (Å²) >= 11 is 1.34. The molecule has 9 heteroatoms. The predicted octanol–water partition coefficient (Wildman–Crippen LogP) is 2.66. The van der Waals surface area contributed by atoms with E-state index in [1.165, 1.54) is 11.8 Å². The summed E-state index contributed by atoms with van der Waals surface area (Å²) in [6.07, 6.45) is 0.930. The summed E-state index contributed by atoms with van der Waals surface area (Å²) in [6, 6.07) is 12.8. The van der Waals surface area contributed by atoms with E-state index in [9.17, 15) is 9.59 Å². The Morgan fingerprint density at radius 3 is 2.79 bits per heavy atom. The largest absolute Gasteiger partial charge is 0.454 e. The maximum atomic E-state index is 12.6. The number of carbonyl (C=O) groups excluding carboxylic acids is 2. The zero-order valence-electron chi connectivity index (χ0n) is 15.6. The van der Waals surface area contributed by atoms with Crippen LogP contribution in [-0.2, 0) is 4.79 Å². The zero-order chi connectivity index (χ0) is 19.3. The third kappa shape index (κ3) is 5.35. The van der Waals surface area contributed by atoms with E-state index in [2.05, 4.69) is 16.0 Å². The van der Waals surface area contributed by atoms with Crippen LogP contribution in [0, 0.1) is 0 Å². The van der Waals surface area contributed by atoms with Crippen molar-refractivity contribution in [1.82, 2.24) is 10.6 Å². The van der Waals surface area contributed by atoms with Crippen LogP contribution in [0.25, 0.3) is 0 Å². The van der Waals surface area contributed by atoms with Gasteiger partial charge in [-0.25, -0.2) is 0 Å². The summed E-state index contributed by atoms with van der Waals surface area (Å²) in [6.45, 7) is 1.90. The van der Waals surface area contributed by atoms with Gasteiger partial charge in [0.15, 0.2) is 11.5 Å². The van der Waals surface area contributed by atoms with Gasteiger partial charge in [0.2, 0.25) is 12.7 Å². The van der Waals surface area contributed by atoms with E-state index in [0.29, 0.717) is 22.7 Å². The van der Waals surface area contributed by atoms with Gasteiger partial charge in [0, 0.05) is 29.2 Å². The van der Waals surface area contributed by atoms with Crippen molar-refractivity contribution in [2.24, 2.45) is 0 Å². The monoisotopic (exact) mass is 435 g/mol. The number of anilines is 1. The third-order valence-corrected chi connectivity index (χ3v) is 5.62. The Hall–Kier alpha value is -2.42. The van der Waals surface area contributed by atoms with Crippen LogP contribution in [0.15, 0.2) is 47.4 Å². The fourth-order valence-electron chi connectivity index (χ4n) is 3.14. The number of amides is 2. The minimum Gasteiger partial charge on any atom is -0.454 e. The summed E-state index contributed by atoms with van der Waals surface area (Å²) in [4.78, 5) is 25.7. The highest BCUT2D eigenvalue weighted by Gasteiger charge is 2.20. The second-order valence-electron chi connectivity index (χ2n) is 6.56. The highest BCUT2D eigenvalue weighted by atomic mass is 35.5. The van der Waals surface area contributed by atoms with Crippen LogP contribution >= 0.6 is 24.2 Å². The van der Waals surface area contributed by atoms with E-state index in [-0.39, 0.29) is 42.8 Å². The first-order valence-corrected chi connectivity index (χ1v) is 10.1. The standard InChI is InChI=1S/C20H21N3O4S.ClH/c24-19(22-13-5-6-16-17(9-13)27-12-26-16)11-28-18-4-2-1-3-15(18)20(25)23-14-7-8-21-10-14;/h1-6,9,14,21H,7-8,10-12H2,(H,22,24)(H,23,25);1H. The maximum Gasteiger partial charge on any atom is 0.252 e. The molecule has 2 amide bonds. The van der Waals surface area contributed by atoms with E-state index in [0.717, 1.165) is 24.4 Å². The molecule has 2 heterocycles. The molecule has 7 nitrogen and oxygen atoms in total. The fourth-order valence-corrected chi connectivity index (χ4v) is 3.99. The van der Waals surface area contributed by atoms with Crippen LogP contribution in [0.2, 0.25) is 0 Å². The Balaban J connectivity index is 0.00000240. The Morgan fingerprint density at radius 2 is 1.97 bits per heavy atom. The third-order valence-electron chi connectivity index (χ3n) is 4.54. The number of benzene rings is 2. The number of hydrogen-bond donors (Lipinski definition) is 3. The molecule has 1 fully saturated rings. The Bertz CT molecular complexity index is 890. The number of hydrogen-bond acceptors (Lipinski definition) is 6. The molecule has 0 saturated carbocycles. The van der Waals surface area contributed by atoms with Gasteiger partial charge in [-0.3, -0.25) is 9.59 Å². The minimum atomic E-state index is -0.154. The van der Waals surface area contributed by atoms with Gasteiger partial charge in [-0.2, -0.15) is 0 Å². The number of rotatable bonds is 6. The van der Waals surface area contributed by atoms with Crippen LogP contribution < -0.4 is 25.4 Å². The van der Waals surface area contributed by atoms with E-state index in [4.69, 9.17) is 9.47 Å². The minimum absolute atomic E-state index is 0. The molecule has 0 radical (unpaired) electrons. The lowest BCUT2D eigenvalue weighted by Gasteiger charge is -2.14. The first kappa shape index (κ1) is 21.3. The molecule has 1 atom stereocenters. The number of ether oxygens (including phenoxy) is 2. The van der Waals surface area contributed by atoms with Crippen molar-refractivity contribution in [2.75, 3.05) is 31.0 Å². The van der Waals surface area contributed by atoms with Gasteiger partial charge in [0.1, 0.15) is 0 Å². The lowest BCUT2D eigenvalue weighted by molar-refractivity contribution is -0.113. The van der Waals surface area contributed by atoms with Gasteiger partial charge in [0.25, 0.3) is 5.91 Å². The zero-order valence-corrected chi connectivity index (χ0v) is 17.2. The molecular weight excluding hydrogens is 414 g/mol. The Morgan fingerprint density at radius 1 is 1.14 bits per heavy atom. The molecule has 1 unspecified atom stereocenters. The molecule has 2 aromatic carbocycles. The van der Waals surface area contributed by atoms with Crippen LogP contribution in [-0.4, -0.2) is 43.5 Å². The quantitative estimate of drug-likeness (QED) is 0.604. The van der Waals surface area contributed by atoms with E-state index >= 15 is 0 Å². The van der Waals surface area contributed by atoms with Crippen molar-refractivity contribution in [3.8, 4) is 11.5 Å². The molecule has 0 spiro atoms. The van der Waals surface area contributed by atoms with E-state index in [1.54, 1.807) is 24.3 Å². The first-order chi connectivity index (χ1) is 13.7. The van der Waals surface area contributed by atoms with Crippen molar-refractivity contribution in [1.29, 1.82) is 0 Å². The number of halogens is 1. The molecule has 0 bridgehead atoms. The van der Waals surface area contributed by atoms with Gasteiger partial charge >= 0.3 is 0 Å². The predicted molar refractivity (Wildman–Crippen MR) is 114 cm³/mol. The second kappa shape index (κ2) is 9.87. The summed E-state index contributed by atoms with van der Waals surface area (Å²) in [7, 11) is 0. The van der Waals surface area contributed by atoms with Crippen molar-refractivity contribution < 1.29 is 19.1 Å². The van der Waals surface area contributed by atoms with Gasteiger partial charge in [-0.05, 0) is 37.2 Å². The number of thioether (sulfide) groups is 1. The molecule has 0 aromatic heterocycles. The average molecular weight is 436 g/mol. The second-order valence-corrected chi connectivity index (χ2v) is 7.58. The number of fused-ring (bicyclic) bond motifs is 1. The first-order valence-electron chi connectivity index (χ1n) is 9.12. The van der Waals surface area contributed by atoms with Crippen molar-refractivity contribution in [3.05, 3.63) is 48.0 Å². The number of carbonyl (C=O) groups is 2. The Labute approximate surface area is 179 Å². The van der Waals surface area contributed by atoms with E-state index in [1.807, 2.05) is 18.2 Å². The molecule has 2 aliphatic heterocycles. The topological polar surface area (TPSA) is 88.7 Å². The Kier molecular flexibility index (Phi) is 7.24. The highest BCUT2D eigenvalue weighted by Crippen LogP contribution is 2.34. The molecule has 2 aromatic rings. The van der Waals surface area contributed by atoms with Gasteiger partial charge in [0.05, 0.1) is 11.3 Å². The van der Waals surface area contributed by atoms with Gasteiger partial charge in [-0.15, -0.1) is 24.2 Å². The summed E-state index contributed by atoms with van der Waals surface area (Å²) in [5.41, 5.74) is 1.24. The van der Waals surface area contributed by atoms with Crippen molar-refractivity contribution in [3.63, 3.8) is 0 Å². The molecule has 154 valence electrons. The van der Waals surface area contributed by atoms with Crippen molar-refractivity contribution in [2.45, 2.75) is 17.4 Å². The van der Waals surface area contributed by atoms with Crippen LogP contribution in [0.3, 0.4) is 0 Å². The summed E-state index contributed by atoms with van der Waals surface area (Å²) in [5.74, 6) is 1.23. The molecule has 2 aliphatic rings. The lowest BCUT2D eigenvalue weighted by atomic mass is 10.2. The van der Waals surface area contributed by atoms with Gasteiger partial charge in [-0.1, -0.05) is 12.1 Å². The lowest BCUT2D eigenvalue weighted by Crippen LogP contribution is -2.36.